The molecule has 18 heavy (non-hydrogen) atoms. The molecule has 1 N–H and O–H groups in total. The van der Waals surface area contributed by atoms with Crippen LogP contribution in [0.3, 0.4) is 0 Å². The van der Waals surface area contributed by atoms with Crippen LogP contribution in [0.25, 0.3) is 0 Å². The number of aliphatic carboxylic acids is 1. The number of rotatable bonds is 6. The fraction of sp³-hybridized carbons (Fsp3) is 0.462. The third-order valence-electron chi connectivity index (χ3n) is 2.70. The van der Waals surface area contributed by atoms with Gasteiger partial charge in [-0.1, -0.05) is 17.7 Å². The van der Waals surface area contributed by atoms with E-state index in [1.165, 1.54) is 12.1 Å². The van der Waals surface area contributed by atoms with E-state index >= 15 is 0 Å². The van der Waals surface area contributed by atoms with Crippen molar-refractivity contribution < 1.29 is 19.0 Å². The summed E-state index contributed by atoms with van der Waals surface area (Å²) >= 11 is 5.61. The highest BCUT2D eigenvalue weighted by Gasteiger charge is 2.26. The van der Waals surface area contributed by atoms with Crippen molar-refractivity contribution in [3.8, 4) is 5.75 Å². The molecule has 1 aromatic carbocycles. The van der Waals surface area contributed by atoms with E-state index in [0.29, 0.717) is 12.8 Å². The molecule has 1 aromatic rings. The third kappa shape index (κ3) is 3.88. The van der Waals surface area contributed by atoms with E-state index in [9.17, 15) is 9.18 Å². The zero-order chi connectivity index (χ0) is 13.8. The zero-order valence-electron chi connectivity index (χ0n) is 10.4. The molecule has 0 unspecified atom stereocenters. The first-order valence-corrected chi connectivity index (χ1v) is 6.02. The van der Waals surface area contributed by atoms with Crippen LogP contribution < -0.4 is 4.74 Å². The molecule has 1 rings (SSSR count). The smallest absolute Gasteiger partial charge is 0.309 e. The predicted molar refractivity (Wildman–Crippen MR) is 67.6 cm³/mol. The van der Waals surface area contributed by atoms with E-state index in [1.807, 2.05) is 0 Å². The highest BCUT2D eigenvalue weighted by atomic mass is 35.5. The van der Waals surface area contributed by atoms with Gasteiger partial charge >= 0.3 is 5.97 Å². The minimum Gasteiger partial charge on any atom is -0.490 e. The minimum atomic E-state index is -0.851. The number of benzene rings is 1. The summed E-state index contributed by atoms with van der Waals surface area (Å²) in [6, 6.07) is 4.53. The standard InChI is InChI=1S/C13H16ClFO3/c1-13(2,12(16)17)7-4-8-18-10-6-3-5-9(14)11(10)15/h3,5-6H,4,7-8H2,1-2H3,(H,16,17). The molecule has 3 nitrogen and oxygen atoms in total. The van der Waals surface area contributed by atoms with E-state index in [-0.39, 0.29) is 17.4 Å². The minimum absolute atomic E-state index is 0.0124. The second-order valence-corrected chi connectivity index (χ2v) is 5.10. The number of hydrogen-bond acceptors (Lipinski definition) is 2. The largest absolute Gasteiger partial charge is 0.490 e. The van der Waals surface area contributed by atoms with Crippen molar-refractivity contribution >= 4 is 17.6 Å². The van der Waals surface area contributed by atoms with Gasteiger partial charge in [0.25, 0.3) is 0 Å². The summed E-state index contributed by atoms with van der Waals surface area (Å²) < 4.78 is 18.7. The Morgan fingerprint density at radius 2 is 2.17 bits per heavy atom. The van der Waals surface area contributed by atoms with Gasteiger partial charge in [-0.05, 0) is 38.8 Å². The summed E-state index contributed by atoms with van der Waals surface area (Å²) in [7, 11) is 0. The van der Waals surface area contributed by atoms with Crippen LogP contribution in [-0.4, -0.2) is 17.7 Å². The molecule has 0 heterocycles. The van der Waals surface area contributed by atoms with Gasteiger partial charge < -0.3 is 9.84 Å². The summed E-state index contributed by atoms with van der Waals surface area (Å²) in [4.78, 5) is 10.9. The highest BCUT2D eigenvalue weighted by molar-refractivity contribution is 6.30. The molecule has 0 aromatic heterocycles. The summed E-state index contributed by atoms with van der Waals surface area (Å²) in [6.07, 6.45) is 0.996. The number of carbonyl (C=O) groups is 1. The van der Waals surface area contributed by atoms with Crippen molar-refractivity contribution in [2.24, 2.45) is 5.41 Å². The van der Waals surface area contributed by atoms with Crippen molar-refractivity contribution in [2.45, 2.75) is 26.7 Å². The van der Waals surface area contributed by atoms with Crippen LogP contribution in [-0.2, 0) is 4.79 Å². The van der Waals surface area contributed by atoms with Crippen molar-refractivity contribution in [3.63, 3.8) is 0 Å². The Bertz CT molecular complexity index is 432. The van der Waals surface area contributed by atoms with E-state index in [2.05, 4.69) is 0 Å². The van der Waals surface area contributed by atoms with E-state index < -0.39 is 17.2 Å². The fourth-order valence-corrected chi connectivity index (χ4v) is 1.56. The fourth-order valence-electron chi connectivity index (χ4n) is 1.40. The normalized spacial score (nSPS) is 11.3. The van der Waals surface area contributed by atoms with Gasteiger partial charge in [-0.25, -0.2) is 4.39 Å². The quantitative estimate of drug-likeness (QED) is 0.804. The molecule has 0 saturated carbocycles. The summed E-state index contributed by atoms with van der Waals surface area (Å²) in [5, 5.41) is 8.93. The molecule has 0 amide bonds. The van der Waals surface area contributed by atoms with Crippen molar-refractivity contribution in [1.29, 1.82) is 0 Å². The van der Waals surface area contributed by atoms with Crippen LogP contribution in [0, 0.1) is 11.2 Å². The molecule has 0 spiro atoms. The first-order chi connectivity index (χ1) is 8.34. The van der Waals surface area contributed by atoms with Gasteiger partial charge in [-0.2, -0.15) is 0 Å². The van der Waals surface area contributed by atoms with Gasteiger partial charge in [0.2, 0.25) is 0 Å². The molecular weight excluding hydrogens is 259 g/mol. The SMILES string of the molecule is CC(C)(CCCOc1cccc(Cl)c1F)C(=O)O. The van der Waals surface area contributed by atoms with Gasteiger partial charge in [0.15, 0.2) is 11.6 Å². The van der Waals surface area contributed by atoms with Gasteiger partial charge in [0.1, 0.15) is 0 Å². The van der Waals surface area contributed by atoms with Gasteiger partial charge in [-0.3, -0.25) is 4.79 Å². The van der Waals surface area contributed by atoms with E-state index in [4.69, 9.17) is 21.4 Å². The Morgan fingerprint density at radius 3 is 2.78 bits per heavy atom. The molecule has 0 aliphatic rings. The van der Waals surface area contributed by atoms with E-state index in [1.54, 1.807) is 19.9 Å². The first kappa shape index (κ1) is 14.8. The van der Waals surface area contributed by atoms with Gasteiger partial charge in [0, 0.05) is 0 Å². The lowest BCUT2D eigenvalue weighted by molar-refractivity contribution is -0.147. The number of carboxylic acid groups (broad SMARTS) is 1. The maximum atomic E-state index is 13.4. The Kier molecular flexibility index (Phi) is 4.96. The number of ether oxygens (including phenoxy) is 1. The second kappa shape index (κ2) is 6.05. The second-order valence-electron chi connectivity index (χ2n) is 4.69. The van der Waals surface area contributed by atoms with Crippen LogP contribution in [0.1, 0.15) is 26.7 Å². The Labute approximate surface area is 111 Å². The molecule has 0 saturated heterocycles. The molecule has 0 atom stereocenters. The van der Waals surface area contributed by atoms with Crippen LogP contribution in [0.15, 0.2) is 18.2 Å². The topological polar surface area (TPSA) is 46.5 Å². The lowest BCUT2D eigenvalue weighted by Gasteiger charge is -2.18. The molecule has 5 heteroatoms. The van der Waals surface area contributed by atoms with Crippen LogP contribution in [0.2, 0.25) is 5.02 Å². The first-order valence-electron chi connectivity index (χ1n) is 5.65. The maximum Gasteiger partial charge on any atom is 0.309 e. The number of carboxylic acids is 1. The van der Waals surface area contributed by atoms with Crippen molar-refractivity contribution in [3.05, 3.63) is 29.0 Å². The molecule has 0 bridgehead atoms. The highest BCUT2D eigenvalue weighted by Crippen LogP contribution is 2.25. The average molecular weight is 275 g/mol. The van der Waals surface area contributed by atoms with Crippen molar-refractivity contribution in [2.75, 3.05) is 6.61 Å². The van der Waals surface area contributed by atoms with Crippen LogP contribution in [0.4, 0.5) is 4.39 Å². The number of halogens is 2. The predicted octanol–water partition coefficient (Wildman–Crippen LogP) is 3.75. The summed E-state index contributed by atoms with van der Waals surface area (Å²) in [5.74, 6) is -1.34. The lowest BCUT2D eigenvalue weighted by Crippen LogP contribution is -2.24. The Morgan fingerprint density at radius 1 is 1.50 bits per heavy atom. The van der Waals surface area contributed by atoms with E-state index in [0.717, 1.165) is 0 Å². The lowest BCUT2D eigenvalue weighted by atomic mass is 9.88. The molecule has 0 aliphatic heterocycles. The average Bonchev–Trinajstić information content (AvgIpc) is 2.29. The Balaban J connectivity index is 2.43. The van der Waals surface area contributed by atoms with Crippen LogP contribution in [0.5, 0.6) is 5.75 Å². The molecular formula is C13H16ClFO3. The van der Waals surface area contributed by atoms with Crippen LogP contribution >= 0.6 is 11.6 Å². The van der Waals surface area contributed by atoms with Crippen molar-refractivity contribution in [1.82, 2.24) is 0 Å². The number of hydrogen-bond donors (Lipinski definition) is 1. The molecule has 0 radical (unpaired) electrons. The Hall–Kier alpha value is -1.29. The molecule has 0 aliphatic carbocycles. The van der Waals surface area contributed by atoms with Gasteiger partial charge in [0.05, 0.1) is 17.0 Å². The zero-order valence-corrected chi connectivity index (χ0v) is 11.1. The van der Waals surface area contributed by atoms with Gasteiger partial charge in [-0.15, -0.1) is 0 Å². The maximum absolute atomic E-state index is 13.4. The summed E-state index contributed by atoms with van der Waals surface area (Å²) in [5.41, 5.74) is -0.795. The third-order valence-corrected chi connectivity index (χ3v) is 2.99. The summed E-state index contributed by atoms with van der Waals surface area (Å²) in [6.45, 7) is 3.55. The molecule has 100 valence electrons. The molecule has 0 fully saturated rings. The monoisotopic (exact) mass is 274 g/mol.